The van der Waals surface area contributed by atoms with Crippen molar-refractivity contribution in [3.05, 3.63) is 53.1 Å². The van der Waals surface area contributed by atoms with Crippen molar-refractivity contribution in [3.63, 3.8) is 0 Å². The van der Waals surface area contributed by atoms with Crippen molar-refractivity contribution in [2.24, 2.45) is 0 Å². The van der Waals surface area contributed by atoms with Crippen LogP contribution in [0.3, 0.4) is 0 Å². The van der Waals surface area contributed by atoms with Gasteiger partial charge in [0.15, 0.2) is 11.5 Å². The molecule has 2 aromatic carbocycles. The summed E-state index contributed by atoms with van der Waals surface area (Å²) >= 11 is 0. The van der Waals surface area contributed by atoms with E-state index in [0.717, 1.165) is 0 Å². The highest BCUT2D eigenvalue weighted by molar-refractivity contribution is 5.98. The minimum Gasteiger partial charge on any atom is -0.504 e. The first kappa shape index (κ1) is 18.1. The number of methoxy groups -OCH3 is 3. The third-order valence-corrected chi connectivity index (χ3v) is 3.62. The fourth-order valence-electron chi connectivity index (χ4n) is 2.29. The lowest BCUT2D eigenvalue weighted by molar-refractivity contribution is 0.0587. The second kappa shape index (κ2) is 8.05. The van der Waals surface area contributed by atoms with Crippen LogP contribution in [0.1, 0.15) is 26.3 Å². The number of hydrogen-bond donors (Lipinski definition) is 2. The van der Waals surface area contributed by atoms with Gasteiger partial charge in [0.2, 0.25) is 0 Å². The summed E-state index contributed by atoms with van der Waals surface area (Å²) in [6, 6.07) is 9.54. The van der Waals surface area contributed by atoms with Crippen molar-refractivity contribution in [2.75, 3.05) is 26.6 Å². The van der Waals surface area contributed by atoms with E-state index in [1.807, 2.05) is 0 Å². The number of carbonyl (C=O) groups is 2. The number of phenolic OH excluding ortho intramolecular Hbond substituents is 1. The third kappa shape index (κ3) is 4.00. The number of phenols is 1. The maximum absolute atomic E-state index is 11.9. The Labute approximate surface area is 145 Å². The molecule has 0 aliphatic carbocycles. The summed E-state index contributed by atoms with van der Waals surface area (Å²) in [5, 5.41) is 13.2. The molecule has 0 radical (unpaired) electrons. The van der Waals surface area contributed by atoms with Gasteiger partial charge in [-0.2, -0.15) is 0 Å². The van der Waals surface area contributed by atoms with Crippen LogP contribution in [0.4, 0.5) is 5.69 Å². The largest absolute Gasteiger partial charge is 0.504 e. The molecular weight excluding hydrogens is 326 g/mol. The lowest BCUT2D eigenvalue weighted by Crippen LogP contribution is -2.11. The van der Waals surface area contributed by atoms with Gasteiger partial charge in [-0.05, 0) is 24.3 Å². The molecule has 0 aliphatic heterocycles. The number of anilines is 1. The van der Waals surface area contributed by atoms with Gasteiger partial charge in [0.05, 0.1) is 32.5 Å². The van der Waals surface area contributed by atoms with Gasteiger partial charge in [-0.25, -0.2) is 9.59 Å². The van der Waals surface area contributed by atoms with Crippen LogP contribution in [0.5, 0.6) is 11.5 Å². The molecule has 0 amide bonds. The maximum atomic E-state index is 11.9. The van der Waals surface area contributed by atoms with Gasteiger partial charge in [0.1, 0.15) is 0 Å². The van der Waals surface area contributed by atoms with E-state index >= 15 is 0 Å². The molecule has 25 heavy (non-hydrogen) atoms. The molecule has 0 bridgehead atoms. The number of ether oxygens (including phenoxy) is 3. The zero-order chi connectivity index (χ0) is 18.4. The molecule has 2 rings (SSSR count). The molecule has 2 N–H and O–H groups in total. The van der Waals surface area contributed by atoms with Gasteiger partial charge in [-0.15, -0.1) is 0 Å². The third-order valence-electron chi connectivity index (χ3n) is 3.62. The molecule has 7 heteroatoms. The van der Waals surface area contributed by atoms with Gasteiger partial charge < -0.3 is 24.6 Å². The number of hydrogen-bond acceptors (Lipinski definition) is 7. The van der Waals surface area contributed by atoms with Crippen LogP contribution in [-0.2, 0) is 16.0 Å². The Morgan fingerprint density at radius 1 is 1.04 bits per heavy atom. The summed E-state index contributed by atoms with van der Waals surface area (Å²) in [6.07, 6.45) is 0. The Balaban J connectivity index is 2.33. The van der Waals surface area contributed by atoms with E-state index < -0.39 is 11.9 Å². The van der Waals surface area contributed by atoms with Crippen molar-refractivity contribution >= 4 is 17.6 Å². The van der Waals surface area contributed by atoms with Crippen LogP contribution in [0.25, 0.3) is 0 Å². The maximum Gasteiger partial charge on any atom is 0.339 e. The zero-order valence-electron chi connectivity index (χ0n) is 14.2. The van der Waals surface area contributed by atoms with Gasteiger partial charge in [0.25, 0.3) is 0 Å². The number of carbonyl (C=O) groups excluding carboxylic acids is 2. The molecule has 0 saturated heterocycles. The Bertz CT molecular complexity index is 787. The number of benzene rings is 2. The van der Waals surface area contributed by atoms with E-state index in [2.05, 4.69) is 5.32 Å². The fraction of sp³-hybridized carbons (Fsp3) is 0.222. The predicted molar refractivity (Wildman–Crippen MR) is 91.1 cm³/mol. The number of aromatic hydroxyl groups is 1. The SMILES string of the molecule is COC(=O)c1ccc(C(=O)OC)c(NCc2cccc(OC)c2O)c1. The summed E-state index contributed by atoms with van der Waals surface area (Å²) in [4.78, 5) is 23.6. The Morgan fingerprint density at radius 3 is 2.40 bits per heavy atom. The quantitative estimate of drug-likeness (QED) is 0.777. The Morgan fingerprint density at radius 2 is 1.76 bits per heavy atom. The number of nitrogens with one attached hydrogen (secondary N) is 1. The van der Waals surface area contributed by atoms with Gasteiger partial charge in [0, 0.05) is 17.8 Å². The van der Waals surface area contributed by atoms with Crippen LogP contribution >= 0.6 is 0 Å². The van der Waals surface area contributed by atoms with E-state index in [-0.39, 0.29) is 23.4 Å². The summed E-state index contributed by atoms with van der Waals surface area (Å²) < 4.78 is 14.5. The standard InChI is InChI=1S/C18H19NO6/c1-23-15-6-4-5-12(16(15)20)10-19-14-9-11(17(21)24-2)7-8-13(14)18(22)25-3/h4-9,19-20H,10H2,1-3H3. The topological polar surface area (TPSA) is 94.1 Å². The lowest BCUT2D eigenvalue weighted by atomic mass is 10.1. The summed E-state index contributed by atoms with van der Waals surface area (Å²) in [5.74, 6) is -0.727. The molecule has 0 aromatic heterocycles. The minimum atomic E-state index is -0.547. The van der Waals surface area contributed by atoms with E-state index in [1.165, 1.54) is 39.5 Å². The second-order valence-electron chi connectivity index (χ2n) is 5.07. The normalized spacial score (nSPS) is 10.0. The molecular formula is C18H19NO6. The van der Waals surface area contributed by atoms with Crippen molar-refractivity contribution in [2.45, 2.75) is 6.54 Å². The highest BCUT2D eigenvalue weighted by Crippen LogP contribution is 2.30. The summed E-state index contributed by atoms with van der Waals surface area (Å²) in [5.41, 5.74) is 1.50. The molecule has 0 atom stereocenters. The predicted octanol–water partition coefficient (Wildman–Crippen LogP) is 2.59. The molecule has 0 saturated carbocycles. The van der Waals surface area contributed by atoms with Crippen LogP contribution in [0, 0.1) is 0 Å². The van der Waals surface area contributed by atoms with Crippen LogP contribution < -0.4 is 10.1 Å². The van der Waals surface area contributed by atoms with E-state index in [1.54, 1.807) is 18.2 Å². The fourth-order valence-corrected chi connectivity index (χ4v) is 2.29. The minimum absolute atomic E-state index is 0.00115. The van der Waals surface area contributed by atoms with Crippen LogP contribution in [0.15, 0.2) is 36.4 Å². The van der Waals surface area contributed by atoms with Gasteiger partial charge in [-0.1, -0.05) is 12.1 Å². The molecule has 0 unspecified atom stereocenters. The zero-order valence-corrected chi connectivity index (χ0v) is 14.2. The monoisotopic (exact) mass is 345 g/mol. The van der Waals surface area contributed by atoms with E-state index in [9.17, 15) is 14.7 Å². The number of esters is 2. The lowest BCUT2D eigenvalue weighted by Gasteiger charge is -2.14. The first-order valence-corrected chi connectivity index (χ1v) is 7.41. The molecule has 0 fully saturated rings. The average molecular weight is 345 g/mol. The molecule has 0 aliphatic rings. The highest BCUT2D eigenvalue weighted by Gasteiger charge is 2.16. The molecule has 132 valence electrons. The highest BCUT2D eigenvalue weighted by atomic mass is 16.5. The molecule has 2 aromatic rings. The van der Waals surface area contributed by atoms with Crippen molar-refractivity contribution in [1.82, 2.24) is 0 Å². The van der Waals surface area contributed by atoms with Gasteiger partial charge in [-0.3, -0.25) is 0 Å². The summed E-state index contributed by atoms with van der Waals surface area (Å²) in [6.45, 7) is 0.206. The van der Waals surface area contributed by atoms with E-state index in [0.29, 0.717) is 17.0 Å². The van der Waals surface area contributed by atoms with Crippen molar-refractivity contribution < 1.29 is 28.9 Å². The molecule has 7 nitrogen and oxygen atoms in total. The second-order valence-corrected chi connectivity index (χ2v) is 5.07. The first-order chi connectivity index (χ1) is 12.0. The summed E-state index contributed by atoms with van der Waals surface area (Å²) in [7, 11) is 4.01. The smallest absolute Gasteiger partial charge is 0.339 e. The van der Waals surface area contributed by atoms with Crippen molar-refractivity contribution in [1.29, 1.82) is 0 Å². The number of para-hydroxylation sites is 1. The average Bonchev–Trinajstić information content (AvgIpc) is 2.65. The van der Waals surface area contributed by atoms with Crippen molar-refractivity contribution in [3.8, 4) is 11.5 Å². The number of rotatable bonds is 6. The Kier molecular flexibility index (Phi) is 5.84. The van der Waals surface area contributed by atoms with Gasteiger partial charge >= 0.3 is 11.9 Å². The van der Waals surface area contributed by atoms with Crippen LogP contribution in [0.2, 0.25) is 0 Å². The molecule has 0 heterocycles. The van der Waals surface area contributed by atoms with E-state index in [4.69, 9.17) is 14.2 Å². The molecule has 0 spiro atoms. The first-order valence-electron chi connectivity index (χ1n) is 7.41. The Hall–Kier alpha value is -3.22. The van der Waals surface area contributed by atoms with Crippen LogP contribution in [-0.4, -0.2) is 38.4 Å².